The molecule has 5 heterocycles. The second-order valence-corrected chi connectivity index (χ2v) is 9.35. The molecule has 0 unspecified atom stereocenters. The van der Waals surface area contributed by atoms with Gasteiger partial charge in [0.1, 0.15) is 17.7 Å². The molecule has 0 bridgehead atoms. The van der Waals surface area contributed by atoms with E-state index >= 15 is 0 Å². The summed E-state index contributed by atoms with van der Waals surface area (Å²) in [7, 11) is 0. The Morgan fingerprint density at radius 3 is 2.11 bits per heavy atom. The van der Waals surface area contributed by atoms with Gasteiger partial charge in [-0.1, -0.05) is 6.07 Å². The second kappa shape index (κ2) is 10.9. The van der Waals surface area contributed by atoms with Crippen molar-refractivity contribution < 1.29 is 19.1 Å². The van der Waals surface area contributed by atoms with Gasteiger partial charge in [0.2, 0.25) is 5.91 Å². The van der Waals surface area contributed by atoms with E-state index in [2.05, 4.69) is 25.1 Å². The number of hydrogen-bond donors (Lipinski definition) is 1. The Morgan fingerprint density at radius 1 is 0.919 bits per heavy atom. The molecule has 0 radical (unpaired) electrons. The molecular formula is C25H32N8O4. The molecule has 12 nitrogen and oxygen atoms in total. The third kappa shape index (κ3) is 5.68. The van der Waals surface area contributed by atoms with Gasteiger partial charge in [-0.05, 0) is 24.3 Å². The van der Waals surface area contributed by atoms with Crippen LogP contribution >= 0.6 is 0 Å². The highest BCUT2D eigenvalue weighted by Crippen LogP contribution is 2.24. The van der Waals surface area contributed by atoms with Gasteiger partial charge in [-0.3, -0.25) is 9.69 Å². The predicted octanol–water partition coefficient (Wildman–Crippen LogP) is 1.00. The zero-order valence-corrected chi connectivity index (χ0v) is 21.0. The molecule has 0 saturated carbocycles. The highest BCUT2D eigenvalue weighted by Gasteiger charge is 2.33. The fraction of sp³-hybridized carbons (Fsp3) is 0.480. The van der Waals surface area contributed by atoms with Crippen molar-refractivity contribution >= 4 is 35.4 Å². The molecule has 196 valence electrons. The number of anilines is 3. The fourth-order valence-corrected chi connectivity index (χ4v) is 4.82. The van der Waals surface area contributed by atoms with Gasteiger partial charge in [0.15, 0.2) is 0 Å². The third-order valence-corrected chi connectivity index (χ3v) is 6.89. The number of rotatable bonds is 5. The Balaban J connectivity index is 1.09. The molecule has 4 amide bonds. The lowest BCUT2D eigenvalue weighted by Crippen LogP contribution is -2.57. The van der Waals surface area contributed by atoms with Gasteiger partial charge in [-0.2, -0.15) is 0 Å². The maximum absolute atomic E-state index is 13.1. The van der Waals surface area contributed by atoms with Crippen molar-refractivity contribution in [1.82, 2.24) is 25.1 Å². The maximum Gasteiger partial charge on any atom is 0.414 e. The largest absolute Gasteiger partial charge is 0.442 e. The summed E-state index contributed by atoms with van der Waals surface area (Å²) in [5, 5.41) is 2.67. The number of amides is 4. The Hall–Kier alpha value is -4.09. The van der Waals surface area contributed by atoms with E-state index in [1.807, 2.05) is 40.1 Å². The third-order valence-electron chi connectivity index (χ3n) is 6.89. The molecule has 3 aliphatic rings. The molecule has 37 heavy (non-hydrogen) atoms. The SMILES string of the molecule is CC(=O)NC[C@H]1CN(c2ccc(N3CCN(C(=O)N4CCN(c5ccccn5)CC4)CC3)nc2)C(=O)O1. The van der Waals surface area contributed by atoms with Crippen LogP contribution in [-0.4, -0.2) is 109 Å². The molecular weight excluding hydrogens is 476 g/mol. The highest BCUT2D eigenvalue weighted by molar-refractivity contribution is 5.89. The Morgan fingerprint density at radius 2 is 1.57 bits per heavy atom. The zero-order valence-electron chi connectivity index (χ0n) is 21.0. The van der Waals surface area contributed by atoms with Crippen molar-refractivity contribution in [3.63, 3.8) is 0 Å². The predicted molar refractivity (Wildman–Crippen MR) is 138 cm³/mol. The summed E-state index contributed by atoms with van der Waals surface area (Å²) in [6, 6.07) is 9.71. The second-order valence-electron chi connectivity index (χ2n) is 9.35. The summed E-state index contributed by atoms with van der Waals surface area (Å²) in [4.78, 5) is 55.1. The molecule has 2 aromatic heterocycles. The molecule has 2 aromatic rings. The van der Waals surface area contributed by atoms with Gasteiger partial charge >= 0.3 is 12.1 Å². The van der Waals surface area contributed by atoms with Gasteiger partial charge in [-0.15, -0.1) is 0 Å². The van der Waals surface area contributed by atoms with Crippen molar-refractivity contribution in [2.75, 3.05) is 80.1 Å². The number of nitrogens with one attached hydrogen (secondary N) is 1. The molecule has 12 heteroatoms. The van der Waals surface area contributed by atoms with Crippen LogP contribution in [0.1, 0.15) is 6.92 Å². The van der Waals surface area contributed by atoms with Crippen LogP contribution in [0.2, 0.25) is 0 Å². The van der Waals surface area contributed by atoms with Crippen LogP contribution in [-0.2, 0) is 9.53 Å². The topological polar surface area (TPSA) is 114 Å². The van der Waals surface area contributed by atoms with E-state index < -0.39 is 6.09 Å². The van der Waals surface area contributed by atoms with Crippen molar-refractivity contribution in [1.29, 1.82) is 0 Å². The standard InChI is InChI=1S/C25H32N8O4/c1-19(34)27-17-21-18-33(25(36)37-21)20-5-6-23(28-16-20)30-10-14-32(15-11-30)24(35)31-12-8-29(9-13-31)22-4-2-3-7-26-22/h2-7,16,21H,8-15,17-18H2,1H3,(H,27,34)/t21-/m0/s1. The summed E-state index contributed by atoms with van der Waals surface area (Å²) >= 11 is 0. The van der Waals surface area contributed by atoms with Crippen molar-refractivity contribution in [2.45, 2.75) is 13.0 Å². The number of ether oxygens (including phenoxy) is 1. The number of pyridine rings is 2. The first-order valence-electron chi connectivity index (χ1n) is 12.6. The van der Waals surface area contributed by atoms with Crippen LogP contribution in [0, 0.1) is 0 Å². The van der Waals surface area contributed by atoms with Crippen molar-refractivity contribution in [3.05, 3.63) is 42.7 Å². The van der Waals surface area contributed by atoms with Gasteiger partial charge in [0.25, 0.3) is 0 Å². The lowest BCUT2D eigenvalue weighted by molar-refractivity contribution is -0.119. The van der Waals surface area contributed by atoms with Crippen LogP contribution in [0.3, 0.4) is 0 Å². The Bertz CT molecular complexity index is 1100. The van der Waals surface area contributed by atoms with Crippen LogP contribution < -0.4 is 20.0 Å². The van der Waals surface area contributed by atoms with Crippen molar-refractivity contribution in [2.24, 2.45) is 0 Å². The Kier molecular flexibility index (Phi) is 7.24. The number of hydrogen-bond acceptors (Lipinski definition) is 8. The summed E-state index contributed by atoms with van der Waals surface area (Å²) in [5.74, 6) is 1.60. The summed E-state index contributed by atoms with van der Waals surface area (Å²) in [5.41, 5.74) is 0.651. The van der Waals surface area contributed by atoms with Crippen LogP contribution in [0.15, 0.2) is 42.7 Å². The highest BCUT2D eigenvalue weighted by atomic mass is 16.6. The summed E-state index contributed by atoms with van der Waals surface area (Å²) < 4.78 is 5.32. The molecule has 3 fully saturated rings. The van der Waals surface area contributed by atoms with Crippen molar-refractivity contribution in [3.8, 4) is 0 Å². The van der Waals surface area contributed by atoms with E-state index in [1.165, 1.54) is 11.8 Å². The van der Waals surface area contributed by atoms with Gasteiger partial charge < -0.3 is 29.7 Å². The lowest BCUT2D eigenvalue weighted by atomic mass is 10.2. The van der Waals surface area contributed by atoms with E-state index in [-0.39, 0.29) is 24.6 Å². The average Bonchev–Trinajstić information content (AvgIpc) is 3.32. The normalized spacial score (nSPS) is 20.2. The number of aromatic nitrogens is 2. The fourth-order valence-electron chi connectivity index (χ4n) is 4.82. The van der Waals surface area contributed by atoms with Gasteiger partial charge in [-0.25, -0.2) is 19.6 Å². The summed E-state index contributed by atoms with van der Waals surface area (Å²) in [6.45, 7) is 7.63. The molecule has 1 atom stereocenters. The van der Waals surface area contributed by atoms with E-state index in [9.17, 15) is 14.4 Å². The Labute approximate surface area is 215 Å². The van der Waals surface area contributed by atoms with E-state index in [1.54, 1.807) is 12.4 Å². The minimum atomic E-state index is -0.446. The maximum atomic E-state index is 13.1. The van der Waals surface area contributed by atoms with Gasteiger partial charge in [0.05, 0.1) is 25.0 Å². The van der Waals surface area contributed by atoms with Crippen LogP contribution in [0.5, 0.6) is 0 Å². The average molecular weight is 509 g/mol. The molecule has 3 saturated heterocycles. The molecule has 0 spiro atoms. The van der Waals surface area contributed by atoms with Gasteiger partial charge in [0, 0.05) is 65.5 Å². The van der Waals surface area contributed by atoms with E-state index in [0.717, 1.165) is 24.7 Å². The van der Waals surface area contributed by atoms with Crippen LogP contribution in [0.25, 0.3) is 0 Å². The minimum absolute atomic E-state index is 0.0880. The quantitative estimate of drug-likeness (QED) is 0.636. The molecule has 1 N–H and O–H groups in total. The molecule has 0 aromatic carbocycles. The van der Waals surface area contributed by atoms with Crippen LogP contribution in [0.4, 0.5) is 26.9 Å². The number of nitrogens with zero attached hydrogens (tertiary/aromatic N) is 7. The molecule has 0 aliphatic carbocycles. The monoisotopic (exact) mass is 508 g/mol. The summed E-state index contributed by atoms with van der Waals surface area (Å²) in [6.07, 6.45) is 2.62. The first kappa shape index (κ1) is 24.6. The minimum Gasteiger partial charge on any atom is -0.442 e. The number of cyclic esters (lactones) is 1. The lowest BCUT2D eigenvalue weighted by Gasteiger charge is -2.41. The number of carbonyl (C=O) groups excluding carboxylic acids is 3. The van der Waals surface area contributed by atoms with E-state index in [0.29, 0.717) is 51.5 Å². The smallest absolute Gasteiger partial charge is 0.414 e. The molecule has 3 aliphatic heterocycles. The first-order chi connectivity index (χ1) is 18.0. The molecule has 5 rings (SSSR count). The zero-order chi connectivity index (χ0) is 25.8. The number of carbonyl (C=O) groups is 3. The number of piperazine rings is 2. The number of urea groups is 1. The van der Waals surface area contributed by atoms with E-state index in [4.69, 9.17) is 4.74 Å². The first-order valence-corrected chi connectivity index (χ1v) is 12.6.